The summed E-state index contributed by atoms with van der Waals surface area (Å²) < 4.78 is 29.5. The van der Waals surface area contributed by atoms with Crippen molar-refractivity contribution in [2.75, 3.05) is 20.1 Å². The van der Waals surface area contributed by atoms with Gasteiger partial charge in [0.2, 0.25) is 5.91 Å². The number of rotatable bonds is 8. The van der Waals surface area contributed by atoms with E-state index in [1.54, 1.807) is 7.05 Å². The number of guanidine groups is 1. The minimum atomic E-state index is -2.93. The van der Waals surface area contributed by atoms with Gasteiger partial charge < -0.3 is 20.7 Å². The number of halogens is 4. The van der Waals surface area contributed by atoms with E-state index in [-0.39, 0.29) is 42.2 Å². The van der Waals surface area contributed by atoms with Crippen LogP contribution in [0.2, 0.25) is 5.02 Å². The minimum Gasteiger partial charge on any atom is -0.434 e. The van der Waals surface area contributed by atoms with E-state index in [1.165, 1.54) is 18.2 Å². The van der Waals surface area contributed by atoms with Crippen LogP contribution in [0.25, 0.3) is 0 Å². The van der Waals surface area contributed by atoms with Gasteiger partial charge >= 0.3 is 6.61 Å². The first-order chi connectivity index (χ1) is 12.2. The monoisotopic (exact) mass is 518 g/mol. The number of alkyl halides is 2. The highest BCUT2D eigenvalue weighted by atomic mass is 127. The van der Waals surface area contributed by atoms with Gasteiger partial charge in [-0.2, -0.15) is 8.78 Å². The van der Waals surface area contributed by atoms with Crippen LogP contribution >= 0.6 is 35.6 Å². The average Bonchev–Trinajstić information content (AvgIpc) is 2.57. The van der Waals surface area contributed by atoms with Crippen LogP contribution in [0.5, 0.6) is 5.75 Å². The van der Waals surface area contributed by atoms with E-state index in [4.69, 9.17) is 11.6 Å². The smallest absolute Gasteiger partial charge is 0.387 e. The van der Waals surface area contributed by atoms with Crippen molar-refractivity contribution in [1.82, 2.24) is 16.0 Å². The molecule has 1 amide bonds. The number of carbonyl (C=O) groups excluding carboxylic acids is 1. The fourth-order valence-electron chi connectivity index (χ4n) is 2.08. The lowest BCUT2D eigenvalue weighted by Crippen LogP contribution is -2.47. The summed E-state index contributed by atoms with van der Waals surface area (Å²) in [7, 11) is 1.57. The van der Waals surface area contributed by atoms with Crippen molar-refractivity contribution < 1.29 is 18.3 Å². The van der Waals surface area contributed by atoms with Gasteiger partial charge in [0.1, 0.15) is 5.75 Å². The third-order valence-corrected chi connectivity index (χ3v) is 3.79. The van der Waals surface area contributed by atoms with Crippen molar-refractivity contribution in [3.8, 4) is 5.75 Å². The number of nitrogens with zero attached hydrogens (tertiary/aromatic N) is 1. The van der Waals surface area contributed by atoms with E-state index in [2.05, 4.69) is 25.7 Å². The zero-order valence-corrected chi connectivity index (χ0v) is 18.8. The Bertz CT molecular complexity index is 645. The molecule has 0 saturated heterocycles. The van der Waals surface area contributed by atoms with Gasteiger partial charge in [0, 0.05) is 37.3 Å². The van der Waals surface area contributed by atoms with Crippen LogP contribution in [0.15, 0.2) is 23.2 Å². The maximum atomic E-state index is 12.5. The number of ether oxygens (including phenoxy) is 1. The average molecular weight is 519 g/mol. The number of hydrogen-bond donors (Lipinski definition) is 3. The second kappa shape index (κ2) is 12.2. The lowest BCUT2D eigenvalue weighted by Gasteiger charge is -2.25. The second-order valence-corrected chi connectivity index (χ2v) is 6.59. The van der Waals surface area contributed by atoms with Gasteiger partial charge in [0.15, 0.2) is 5.96 Å². The summed E-state index contributed by atoms with van der Waals surface area (Å²) in [6, 6.07) is 4.41. The first-order valence-corrected chi connectivity index (χ1v) is 8.53. The van der Waals surface area contributed by atoms with Gasteiger partial charge in [-0.05, 0) is 39.0 Å². The highest BCUT2D eigenvalue weighted by Crippen LogP contribution is 2.24. The molecule has 0 unspecified atom stereocenters. The first-order valence-electron chi connectivity index (χ1n) is 8.15. The maximum absolute atomic E-state index is 12.5. The Labute approximate surface area is 180 Å². The molecule has 0 heterocycles. The van der Waals surface area contributed by atoms with E-state index in [1.807, 2.05) is 20.8 Å². The molecule has 1 aromatic carbocycles. The summed E-state index contributed by atoms with van der Waals surface area (Å²) in [6.07, 6.45) is 0. The number of aliphatic imine (C=N–C) groups is 1. The summed E-state index contributed by atoms with van der Waals surface area (Å²) in [5, 5.41) is 9.23. The molecule has 0 radical (unpaired) electrons. The van der Waals surface area contributed by atoms with E-state index in [9.17, 15) is 13.6 Å². The standard InChI is InChI=1S/C17H25ClF2N4O2.HI/c1-5-22-14(25)17(2,3)10-24-16(21-4)23-9-11-8-12(18)6-7-13(11)26-15(19)20;/h6-8,15H,5,9-10H2,1-4H3,(H,22,25)(H2,21,23,24);1H. The Morgan fingerprint density at radius 1 is 1.30 bits per heavy atom. The highest BCUT2D eigenvalue weighted by Gasteiger charge is 2.27. The summed E-state index contributed by atoms with van der Waals surface area (Å²) >= 11 is 5.93. The largest absolute Gasteiger partial charge is 0.434 e. The Hall–Kier alpha value is -1.36. The quantitative estimate of drug-likeness (QED) is 0.280. The molecule has 0 atom stereocenters. The Kier molecular flexibility index (Phi) is 11.6. The van der Waals surface area contributed by atoms with Crippen molar-refractivity contribution in [2.45, 2.75) is 33.9 Å². The summed E-state index contributed by atoms with van der Waals surface area (Å²) in [5.74, 6) is 0.380. The number of nitrogens with one attached hydrogen (secondary N) is 3. The van der Waals surface area contributed by atoms with Gasteiger partial charge in [-0.1, -0.05) is 11.6 Å². The van der Waals surface area contributed by atoms with Gasteiger partial charge in [0.25, 0.3) is 0 Å². The molecule has 27 heavy (non-hydrogen) atoms. The topological polar surface area (TPSA) is 74.8 Å². The van der Waals surface area contributed by atoms with Crippen LogP contribution < -0.4 is 20.7 Å². The molecule has 0 aliphatic heterocycles. The molecule has 1 aromatic rings. The van der Waals surface area contributed by atoms with Crippen molar-refractivity contribution in [2.24, 2.45) is 10.4 Å². The number of carbonyl (C=O) groups is 1. The lowest BCUT2D eigenvalue weighted by atomic mass is 9.92. The highest BCUT2D eigenvalue weighted by molar-refractivity contribution is 14.0. The second-order valence-electron chi connectivity index (χ2n) is 6.15. The molecule has 10 heteroatoms. The van der Waals surface area contributed by atoms with Crippen LogP contribution in [0, 0.1) is 5.41 Å². The van der Waals surface area contributed by atoms with Crippen molar-refractivity contribution in [3.05, 3.63) is 28.8 Å². The Morgan fingerprint density at radius 2 is 1.96 bits per heavy atom. The Morgan fingerprint density at radius 3 is 2.52 bits per heavy atom. The molecule has 0 aromatic heterocycles. The van der Waals surface area contributed by atoms with Crippen LogP contribution in [0.4, 0.5) is 8.78 Å². The molecule has 0 aliphatic rings. The normalized spacial score (nSPS) is 11.6. The predicted octanol–water partition coefficient (Wildman–Crippen LogP) is 3.39. The SMILES string of the molecule is CCNC(=O)C(C)(C)CNC(=NC)NCc1cc(Cl)ccc1OC(F)F.I. The molecule has 154 valence electrons. The van der Waals surface area contributed by atoms with Crippen LogP contribution in [-0.2, 0) is 11.3 Å². The van der Waals surface area contributed by atoms with E-state index in [0.29, 0.717) is 29.6 Å². The van der Waals surface area contributed by atoms with E-state index >= 15 is 0 Å². The molecular formula is C17H26ClF2IN4O2. The predicted molar refractivity (Wildman–Crippen MR) is 114 cm³/mol. The fraction of sp³-hybridized carbons (Fsp3) is 0.529. The number of amides is 1. The van der Waals surface area contributed by atoms with Crippen LogP contribution in [-0.4, -0.2) is 38.6 Å². The number of benzene rings is 1. The van der Waals surface area contributed by atoms with E-state index < -0.39 is 12.0 Å². The Balaban J connectivity index is 0.00000676. The van der Waals surface area contributed by atoms with Gasteiger partial charge in [-0.15, -0.1) is 24.0 Å². The molecule has 1 rings (SSSR count). The van der Waals surface area contributed by atoms with Crippen LogP contribution in [0.1, 0.15) is 26.3 Å². The van der Waals surface area contributed by atoms with Crippen molar-refractivity contribution >= 4 is 47.4 Å². The first kappa shape index (κ1) is 25.6. The molecule has 0 bridgehead atoms. The third-order valence-electron chi connectivity index (χ3n) is 3.56. The van der Waals surface area contributed by atoms with Crippen LogP contribution in [0.3, 0.4) is 0 Å². The zero-order chi connectivity index (χ0) is 19.7. The fourth-order valence-corrected chi connectivity index (χ4v) is 2.28. The zero-order valence-electron chi connectivity index (χ0n) is 15.7. The molecule has 0 saturated carbocycles. The van der Waals surface area contributed by atoms with Crippen molar-refractivity contribution in [1.29, 1.82) is 0 Å². The summed E-state index contributed by atoms with van der Waals surface area (Å²) in [6.45, 7) is 3.61. The summed E-state index contributed by atoms with van der Waals surface area (Å²) in [4.78, 5) is 16.1. The maximum Gasteiger partial charge on any atom is 0.387 e. The van der Waals surface area contributed by atoms with Gasteiger partial charge in [-0.3, -0.25) is 9.79 Å². The van der Waals surface area contributed by atoms with Crippen molar-refractivity contribution in [3.63, 3.8) is 0 Å². The number of hydrogen-bond acceptors (Lipinski definition) is 3. The van der Waals surface area contributed by atoms with Gasteiger partial charge in [0.05, 0.1) is 5.41 Å². The third kappa shape index (κ3) is 8.91. The molecule has 0 spiro atoms. The molecule has 6 nitrogen and oxygen atoms in total. The van der Waals surface area contributed by atoms with E-state index in [0.717, 1.165) is 0 Å². The molecule has 3 N–H and O–H groups in total. The molecule has 0 aliphatic carbocycles. The van der Waals surface area contributed by atoms with Gasteiger partial charge in [-0.25, -0.2) is 0 Å². The lowest BCUT2D eigenvalue weighted by molar-refractivity contribution is -0.128. The minimum absolute atomic E-state index is 0. The molecular weight excluding hydrogens is 493 g/mol. The molecule has 0 fully saturated rings. The summed E-state index contributed by atoms with van der Waals surface area (Å²) in [5.41, 5.74) is -0.183.